The smallest absolute Gasteiger partial charge is 0.280 e. The van der Waals surface area contributed by atoms with E-state index >= 15 is 0 Å². The molecule has 88 valence electrons. The van der Waals surface area contributed by atoms with Crippen LogP contribution in [0.5, 0.6) is 0 Å². The van der Waals surface area contributed by atoms with E-state index in [1.165, 1.54) is 6.20 Å². The molecule has 0 spiro atoms. The molecule has 1 aromatic heterocycles. The van der Waals surface area contributed by atoms with Gasteiger partial charge in [-0.2, -0.15) is 0 Å². The van der Waals surface area contributed by atoms with E-state index in [9.17, 15) is 8.42 Å². The maximum atomic E-state index is 11.1. The number of rotatable bonds is 4. The van der Waals surface area contributed by atoms with Crippen molar-refractivity contribution in [3.05, 3.63) is 12.0 Å². The topological polar surface area (TPSA) is 52.0 Å². The van der Waals surface area contributed by atoms with Crippen LogP contribution in [0.1, 0.15) is 26.1 Å². The van der Waals surface area contributed by atoms with E-state index in [1.807, 2.05) is 6.92 Å². The fourth-order valence-corrected chi connectivity index (χ4v) is 2.01. The van der Waals surface area contributed by atoms with Crippen molar-refractivity contribution >= 4 is 19.7 Å². The summed E-state index contributed by atoms with van der Waals surface area (Å²) in [4.78, 5) is 3.97. The summed E-state index contributed by atoms with van der Waals surface area (Å²) < 4.78 is 24.0. The molecule has 0 saturated heterocycles. The lowest BCUT2D eigenvalue weighted by atomic mass is 10.4. The molecule has 16 heavy (non-hydrogen) atoms. The number of nitrogens with zero attached hydrogens (tertiary/aromatic N) is 2. The molecule has 0 amide bonds. The highest BCUT2D eigenvalue weighted by Crippen LogP contribution is 2.15. The van der Waals surface area contributed by atoms with Crippen molar-refractivity contribution in [2.45, 2.75) is 38.3 Å². The van der Waals surface area contributed by atoms with Gasteiger partial charge in [0.15, 0.2) is 5.03 Å². The van der Waals surface area contributed by atoms with Gasteiger partial charge in [-0.1, -0.05) is 6.92 Å². The normalized spacial score (nSPS) is 10.9. The van der Waals surface area contributed by atoms with Crippen molar-refractivity contribution in [2.75, 3.05) is 0 Å². The van der Waals surface area contributed by atoms with Crippen LogP contribution in [0.4, 0.5) is 0 Å². The van der Waals surface area contributed by atoms with Gasteiger partial charge in [0.25, 0.3) is 9.05 Å². The Hall–Kier alpha value is -0.990. The molecule has 0 aliphatic carbocycles. The van der Waals surface area contributed by atoms with Crippen molar-refractivity contribution < 1.29 is 8.42 Å². The van der Waals surface area contributed by atoms with Crippen molar-refractivity contribution in [3.8, 4) is 11.8 Å². The van der Waals surface area contributed by atoms with Crippen LogP contribution < -0.4 is 0 Å². The molecule has 1 rings (SSSR count). The number of hydrogen-bond donors (Lipinski definition) is 0. The maximum Gasteiger partial charge on any atom is 0.280 e. The fourth-order valence-electron chi connectivity index (χ4n) is 1.32. The number of imidazole rings is 1. The lowest BCUT2D eigenvalue weighted by Crippen LogP contribution is -2.01. The predicted octanol–water partition coefficient (Wildman–Crippen LogP) is 1.79. The highest BCUT2D eigenvalue weighted by molar-refractivity contribution is 8.13. The lowest BCUT2D eigenvalue weighted by Gasteiger charge is -2.01. The first-order valence-corrected chi connectivity index (χ1v) is 7.20. The van der Waals surface area contributed by atoms with E-state index in [4.69, 9.17) is 10.7 Å². The molecule has 0 N–H and O–H groups in total. The molecule has 0 unspecified atom stereocenters. The van der Waals surface area contributed by atoms with Crippen LogP contribution in [0, 0.1) is 11.8 Å². The molecule has 0 aliphatic rings. The summed E-state index contributed by atoms with van der Waals surface area (Å²) in [5.74, 6) is 6.41. The molecule has 1 heterocycles. The van der Waals surface area contributed by atoms with Gasteiger partial charge in [-0.3, -0.25) is 0 Å². The van der Waals surface area contributed by atoms with Crippen LogP contribution in [-0.4, -0.2) is 18.0 Å². The Balaban J connectivity index is 2.98. The first-order valence-electron chi connectivity index (χ1n) is 4.89. The molecule has 4 nitrogen and oxygen atoms in total. The monoisotopic (exact) mass is 260 g/mol. The number of hydrogen-bond acceptors (Lipinski definition) is 3. The average Bonchev–Trinajstić information content (AvgIpc) is 2.61. The van der Waals surface area contributed by atoms with Gasteiger partial charge in [-0.25, -0.2) is 13.4 Å². The van der Waals surface area contributed by atoms with E-state index in [0.717, 1.165) is 0 Å². The van der Waals surface area contributed by atoms with Crippen molar-refractivity contribution in [2.24, 2.45) is 0 Å². The number of aryl methyl sites for hydroxylation is 2. The van der Waals surface area contributed by atoms with Crippen molar-refractivity contribution in [1.29, 1.82) is 0 Å². The molecule has 0 radical (unpaired) electrons. The van der Waals surface area contributed by atoms with Gasteiger partial charge in [0.1, 0.15) is 5.82 Å². The third-order valence-electron chi connectivity index (χ3n) is 2.06. The van der Waals surface area contributed by atoms with Gasteiger partial charge in [0, 0.05) is 36.3 Å². The molecular formula is C10H13ClN2O2S. The Labute approximate surface area is 100 Å². The van der Waals surface area contributed by atoms with Gasteiger partial charge in [0.2, 0.25) is 0 Å². The van der Waals surface area contributed by atoms with Crippen LogP contribution in [0.15, 0.2) is 11.2 Å². The van der Waals surface area contributed by atoms with E-state index in [0.29, 0.717) is 25.2 Å². The van der Waals surface area contributed by atoms with E-state index in [-0.39, 0.29) is 5.03 Å². The second-order valence-corrected chi connectivity index (χ2v) is 5.67. The lowest BCUT2D eigenvalue weighted by molar-refractivity contribution is 0.606. The minimum Gasteiger partial charge on any atom is -0.333 e. The Morgan fingerprint density at radius 1 is 1.56 bits per heavy atom. The van der Waals surface area contributed by atoms with E-state index in [2.05, 4.69) is 16.8 Å². The third kappa shape index (κ3) is 3.26. The summed E-state index contributed by atoms with van der Waals surface area (Å²) in [6.07, 6.45) is 2.78. The summed E-state index contributed by atoms with van der Waals surface area (Å²) in [6.45, 7) is 4.31. The molecule has 1 aromatic rings. The van der Waals surface area contributed by atoms with Crippen LogP contribution >= 0.6 is 10.7 Å². The highest BCUT2D eigenvalue weighted by Gasteiger charge is 2.16. The van der Waals surface area contributed by atoms with Crippen molar-refractivity contribution in [1.82, 2.24) is 9.55 Å². The number of halogens is 1. The molecule has 0 aliphatic heterocycles. The van der Waals surface area contributed by atoms with Crippen LogP contribution in [0.25, 0.3) is 0 Å². The Morgan fingerprint density at radius 3 is 2.75 bits per heavy atom. The van der Waals surface area contributed by atoms with Crippen LogP contribution in [0.3, 0.4) is 0 Å². The van der Waals surface area contributed by atoms with Gasteiger partial charge >= 0.3 is 0 Å². The van der Waals surface area contributed by atoms with Gasteiger partial charge in [-0.15, -0.1) is 11.8 Å². The Kier molecular flexibility index (Phi) is 4.39. The minimum atomic E-state index is -3.74. The maximum absolute atomic E-state index is 11.1. The zero-order valence-corrected chi connectivity index (χ0v) is 10.8. The highest BCUT2D eigenvalue weighted by atomic mass is 35.7. The van der Waals surface area contributed by atoms with Gasteiger partial charge < -0.3 is 4.57 Å². The van der Waals surface area contributed by atoms with Gasteiger partial charge in [-0.05, 0) is 6.92 Å². The SMILES string of the molecule is CC#CCCn1cc(S(=O)(=O)Cl)nc1CC. The van der Waals surface area contributed by atoms with E-state index in [1.54, 1.807) is 11.5 Å². The third-order valence-corrected chi connectivity index (χ3v) is 3.23. The average molecular weight is 261 g/mol. The van der Waals surface area contributed by atoms with Crippen LogP contribution in [-0.2, 0) is 22.0 Å². The van der Waals surface area contributed by atoms with E-state index < -0.39 is 9.05 Å². The molecular weight excluding hydrogens is 248 g/mol. The molecule has 0 atom stereocenters. The Bertz CT molecular complexity index is 523. The van der Waals surface area contributed by atoms with Gasteiger partial charge in [0.05, 0.1) is 0 Å². The quantitative estimate of drug-likeness (QED) is 0.613. The number of aromatic nitrogens is 2. The van der Waals surface area contributed by atoms with Crippen molar-refractivity contribution in [3.63, 3.8) is 0 Å². The standard InChI is InChI=1S/C10H13ClN2O2S/c1-3-5-6-7-13-8-10(16(11,14)15)12-9(13)4-2/h8H,4,6-7H2,1-2H3. The predicted molar refractivity (Wildman–Crippen MR) is 62.7 cm³/mol. The second-order valence-electron chi connectivity index (χ2n) is 3.16. The largest absolute Gasteiger partial charge is 0.333 e. The fraction of sp³-hybridized carbons (Fsp3) is 0.500. The summed E-state index contributed by atoms with van der Waals surface area (Å²) in [6, 6.07) is 0. The molecule has 0 saturated carbocycles. The first-order chi connectivity index (χ1) is 7.49. The second kappa shape index (κ2) is 5.37. The summed E-state index contributed by atoms with van der Waals surface area (Å²) >= 11 is 0. The molecule has 6 heteroatoms. The summed E-state index contributed by atoms with van der Waals surface area (Å²) in [5, 5.41) is -0.0875. The first kappa shape index (κ1) is 13.1. The molecule has 0 aromatic carbocycles. The zero-order chi connectivity index (χ0) is 12.2. The Morgan fingerprint density at radius 2 is 2.25 bits per heavy atom. The zero-order valence-electron chi connectivity index (χ0n) is 9.20. The molecule has 0 fully saturated rings. The van der Waals surface area contributed by atoms with Crippen LogP contribution in [0.2, 0.25) is 0 Å². The minimum absolute atomic E-state index is 0.0875. The molecule has 0 bridgehead atoms. The summed E-state index contributed by atoms with van der Waals surface area (Å²) in [7, 11) is 1.49. The summed E-state index contributed by atoms with van der Waals surface area (Å²) in [5.41, 5.74) is 0.